The van der Waals surface area contributed by atoms with Gasteiger partial charge in [-0.2, -0.15) is 0 Å². The molecular formula is C15H14BrClN2O2. The molecule has 0 aliphatic carbocycles. The number of carbonyl (C=O) groups is 1. The average Bonchev–Trinajstić information content (AvgIpc) is 2.42. The summed E-state index contributed by atoms with van der Waals surface area (Å²) in [5.41, 5.74) is 1.75. The first-order valence-corrected chi connectivity index (χ1v) is 7.63. The molecule has 110 valence electrons. The lowest BCUT2D eigenvalue weighted by Gasteiger charge is -2.10. The van der Waals surface area contributed by atoms with Crippen LogP contribution >= 0.6 is 27.5 Å². The van der Waals surface area contributed by atoms with Gasteiger partial charge < -0.3 is 10.4 Å². The maximum Gasteiger partial charge on any atom is 0.335 e. The molecule has 4 nitrogen and oxygen atoms in total. The molecule has 0 atom stereocenters. The van der Waals surface area contributed by atoms with Gasteiger partial charge in [-0.05, 0) is 52.7 Å². The second-order valence-corrected chi connectivity index (χ2v) is 5.83. The van der Waals surface area contributed by atoms with Gasteiger partial charge in [-0.3, -0.25) is 0 Å². The molecule has 0 bridgehead atoms. The Balaban J connectivity index is 2.36. The highest BCUT2D eigenvalue weighted by atomic mass is 79.9. The molecule has 0 spiro atoms. The maximum atomic E-state index is 11.2. The van der Waals surface area contributed by atoms with Crippen molar-refractivity contribution < 1.29 is 9.90 Å². The molecular weight excluding hydrogens is 356 g/mol. The van der Waals surface area contributed by atoms with Crippen molar-refractivity contribution >= 4 is 45.0 Å². The smallest absolute Gasteiger partial charge is 0.335 e. The van der Waals surface area contributed by atoms with E-state index in [4.69, 9.17) is 11.6 Å². The Labute approximate surface area is 136 Å². The lowest BCUT2D eigenvalue weighted by Crippen LogP contribution is -2.04. The molecule has 6 heteroatoms. The number of nitrogens with zero attached hydrogens (tertiary/aromatic N) is 1. The normalized spacial score (nSPS) is 10.4. The molecule has 0 radical (unpaired) electrons. The molecule has 0 saturated carbocycles. The summed E-state index contributed by atoms with van der Waals surface area (Å²) in [6, 6.07) is 8.44. The first-order chi connectivity index (χ1) is 9.99. The topological polar surface area (TPSA) is 62.2 Å². The number of aromatic nitrogens is 1. The number of benzene rings is 1. The van der Waals surface area contributed by atoms with Crippen molar-refractivity contribution in [1.29, 1.82) is 0 Å². The second kappa shape index (κ2) is 6.91. The summed E-state index contributed by atoms with van der Waals surface area (Å²) in [6.45, 7) is 2.03. The van der Waals surface area contributed by atoms with Gasteiger partial charge in [0.1, 0.15) is 5.82 Å². The Morgan fingerprint density at radius 2 is 2.14 bits per heavy atom. The van der Waals surface area contributed by atoms with Crippen molar-refractivity contribution in [3.8, 4) is 0 Å². The number of carboxylic acids is 1. The highest BCUT2D eigenvalue weighted by Crippen LogP contribution is 2.28. The van der Waals surface area contributed by atoms with Crippen molar-refractivity contribution in [2.75, 3.05) is 5.32 Å². The van der Waals surface area contributed by atoms with Crippen molar-refractivity contribution in [3.63, 3.8) is 0 Å². The van der Waals surface area contributed by atoms with Crippen LogP contribution in [0.15, 0.2) is 34.8 Å². The van der Waals surface area contributed by atoms with Gasteiger partial charge in [-0.15, -0.1) is 0 Å². The third-order valence-electron chi connectivity index (χ3n) is 2.83. The van der Waals surface area contributed by atoms with E-state index in [0.29, 0.717) is 10.8 Å². The van der Waals surface area contributed by atoms with E-state index < -0.39 is 5.97 Å². The van der Waals surface area contributed by atoms with E-state index in [1.807, 2.05) is 6.92 Å². The summed E-state index contributed by atoms with van der Waals surface area (Å²) >= 11 is 9.31. The van der Waals surface area contributed by atoms with Gasteiger partial charge in [0.05, 0.1) is 11.3 Å². The number of nitrogens with one attached hydrogen (secondary N) is 1. The highest BCUT2D eigenvalue weighted by molar-refractivity contribution is 9.10. The standard InChI is InChI=1S/C15H14BrClN2O2/c1-2-3-11-6-9(15(20)21)7-14(18-11)19-13-5-4-10(17)8-12(13)16/h4-8H,2-3H2,1H3,(H,18,19)(H,20,21). The predicted molar refractivity (Wildman–Crippen MR) is 87.6 cm³/mol. The van der Waals surface area contributed by atoms with Crippen LogP contribution in [-0.4, -0.2) is 16.1 Å². The molecule has 0 saturated heterocycles. The Bertz CT molecular complexity index is 677. The van der Waals surface area contributed by atoms with Crippen molar-refractivity contribution in [1.82, 2.24) is 4.98 Å². The molecule has 2 rings (SSSR count). The summed E-state index contributed by atoms with van der Waals surface area (Å²) in [5.74, 6) is -0.464. The van der Waals surface area contributed by atoms with Crippen LogP contribution in [0.4, 0.5) is 11.5 Å². The van der Waals surface area contributed by atoms with Crippen LogP contribution in [0.1, 0.15) is 29.4 Å². The minimum Gasteiger partial charge on any atom is -0.478 e. The maximum absolute atomic E-state index is 11.2. The van der Waals surface area contributed by atoms with Gasteiger partial charge >= 0.3 is 5.97 Å². The van der Waals surface area contributed by atoms with Crippen LogP contribution in [-0.2, 0) is 6.42 Å². The number of aryl methyl sites for hydroxylation is 1. The zero-order chi connectivity index (χ0) is 15.4. The molecule has 0 amide bonds. The predicted octanol–water partition coefficient (Wildman–Crippen LogP) is 4.89. The Hall–Kier alpha value is -1.59. The molecule has 1 heterocycles. The number of hydrogen-bond donors (Lipinski definition) is 2. The first-order valence-electron chi connectivity index (χ1n) is 6.46. The monoisotopic (exact) mass is 368 g/mol. The third-order valence-corrected chi connectivity index (χ3v) is 3.72. The lowest BCUT2D eigenvalue weighted by atomic mass is 10.1. The third kappa shape index (κ3) is 4.19. The summed E-state index contributed by atoms with van der Waals surface area (Å²) in [7, 11) is 0. The largest absolute Gasteiger partial charge is 0.478 e. The zero-order valence-corrected chi connectivity index (χ0v) is 13.7. The Kier molecular flexibility index (Phi) is 5.20. The molecule has 0 aliphatic rings. The van der Waals surface area contributed by atoms with Crippen molar-refractivity contribution in [3.05, 3.63) is 51.1 Å². The summed E-state index contributed by atoms with van der Waals surface area (Å²) in [4.78, 5) is 15.6. The fourth-order valence-corrected chi connectivity index (χ4v) is 2.67. The number of rotatable bonds is 5. The summed E-state index contributed by atoms with van der Waals surface area (Å²) in [6.07, 6.45) is 1.64. The molecule has 1 aromatic carbocycles. The van der Waals surface area contributed by atoms with Crippen LogP contribution in [0.2, 0.25) is 5.02 Å². The summed E-state index contributed by atoms with van der Waals surface area (Å²) < 4.78 is 0.787. The summed E-state index contributed by atoms with van der Waals surface area (Å²) in [5, 5.41) is 12.9. The van der Waals surface area contributed by atoms with E-state index in [0.717, 1.165) is 28.7 Å². The van der Waals surface area contributed by atoms with E-state index in [1.54, 1.807) is 24.3 Å². The second-order valence-electron chi connectivity index (χ2n) is 4.54. The highest BCUT2D eigenvalue weighted by Gasteiger charge is 2.09. The van der Waals surface area contributed by atoms with Gasteiger partial charge in [0.25, 0.3) is 0 Å². The lowest BCUT2D eigenvalue weighted by molar-refractivity contribution is 0.0696. The molecule has 0 unspecified atom stereocenters. The van der Waals surface area contributed by atoms with Gasteiger partial charge in [0.15, 0.2) is 0 Å². The van der Waals surface area contributed by atoms with Gasteiger partial charge in [-0.25, -0.2) is 9.78 Å². The fraction of sp³-hybridized carbons (Fsp3) is 0.200. The van der Waals surface area contributed by atoms with E-state index in [-0.39, 0.29) is 5.56 Å². The quantitative estimate of drug-likeness (QED) is 0.787. The van der Waals surface area contributed by atoms with Crippen LogP contribution in [0.3, 0.4) is 0 Å². The molecule has 1 aromatic heterocycles. The number of carboxylic acid groups (broad SMARTS) is 1. The van der Waals surface area contributed by atoms with Gasteiger partial charge in [-0.1, -0.05) is 24.9 Å². The molecule has 2 aromatic rings. The van der Waals surface area contributed by atoms with Crippen molar-refractivity contribution in [2.45, 2.75) is 19.8 Å². The molecule has 0 fully saturated rings. The zero-order valence-electron chi connectivity index (χ0n) is 11.4. The number of hydrogen-bond acceptors (Lipinski definition) is 3. The molecule has 2 N–H and O–H groups in total. The van der Waals surface area contributed by atoms with Crippen LogP contribution in [0, 0.1) is 0 Å². The number of aromatic carboxylic acids is 1. The van der Waals surface area contributed by atoms with E-state index >= 15 is 0 Å². The molecule has 0 aliphatic heterocycles. The van der Waals surface area contributed by atoms with Crippen molar-refractivity contribution in [2.24, 2.45) is 0 Å². The van der Waals surface area contributed by atoms with Gasteiger partial charge in [0.2, 0.25) is 0 Å². The minimum absolute atomic E-state index is 0.223. The average molecular weight is 370 g/mol. The number of pyridine rings is 1. The van der Waals surface area contributed by atoms with E-state index in [9.17, 15) is 9.90 Å². The molecule has 21 heavy (non-hydrogen) atoms. The minimum atomic E-state index is -0.965. The first kappa shape index (κ1) is 15.8. The number of halogens is 2. The fourth-order valence-electron chi connectivity index (χ4n) is 1.89. The Morgan fingerprint density at radius 3 is 2.76 bits per heavy atom. The van der Waals surface area contributed by atoms with Gasteiger partial charge in [0, 0.05) is 15.2 Å². The van der Waals surface area contributed by atoms with Crippen LogP contribution in [0.5, 0.6) is 0 Å². The SMILES string of the molecule is CCCc1cc(C(=O)O)cc(Nc2ccc(Cl)cc2Br)n1. The van der Waals surface area contributed by atoms with E-state index in [1.165, 1.54) is 6.07 Å². The number of anilines is 2. The van der Waals surface area contributed by atoms with Crippen LogP contribution < -0.4 is 5.32 Å². The van der Waals surface area contributed by atoms with Crippen LogP contribution in [0.25, 0.3) is 0 Å². The van der Waals surface area contributed by atoms with E-state index in [2.05, 4.69) is 26.2 Å². The Morgan fingerprint density at radius 1 is 1.38 bits per heavy atom.